The van der Waals surface area contributed by atoms with E-state index in [0.29, 0.717) is 10.9 Å². The average molecular weight is 313 g/mol. The van der Waals surface area contributed by atoms with Crippen LogP contribution in [0, 0.1) is 5.41 Å². The predicted octanol–water partition coefficient (Wildman–Crippen LogP) is 3.36. The van der Waals surface area contributed by atoms with Crippen molar-refractivity contribution in [3.05, 3.63) is 24.4 Å². The number of rotatable bonds is 6. The summed E-state index contributed by atoms with van der Waals surface area (Å²) in [5.41, 5.74) is 6.68. The van der Waals surface area contributed by atoms with Crippen LogP contribution in [0.5, 0.6) is 0 Å². The molecular weight excluding hydrogens is 288 g/mol. The third-order valence-corrected chi connectivity index (χ3v) is 5.03. The van der Waals surface area contributed by atoms with Gasteiger partial charge in [-0.25, -0.2) is 0 Å². The minimum atomic E-state index is -0.533. The van der Waals surface area contributed by atoms with E-state index in [9.17, 15) is 0 Å². The molecule has 0 bridgehead atoms. The largest absolute Gasteiger partial charge is 0.400 e. The van der Waals surface area contributed by atoms with Crippen molar-refractivity contribution in [2.45, 2.75) is 50.9 Å². The van der Waals surface area contributed by atoms with Crippen LogP contribution >= 0.6 is 11.6 Å². The Labute approximate surface area is 132 Å². The van der Waals surface area contributed by atoms with Gasteiger partial charge in [0.1, 0.15) is 5.17 Å². The molecule has 21 heavy (non-hydrogen) atoms. The zero-order valence-corrected chi connectivity index (χ0v) is 13.7. The van der Waals surface area contributed by atoms with Crippen LogP contribution in [0.4, 0.5) is 0 Å². The molecule has 1 aliphatic carbocycles. The van der Waals surface area contributed by atoms with Gasteiger partial charge in [-0.15, -0.1) is 6.58 Å². The van der Waals surface area contributed by atoms with E-state index in [0.717, 1.165) is 38.7 Å². The summed E-state index contributed by atoms with van der Waals surface area (Å²) in [6.45, 7) is 6.56. The summed E-state index contributed by atoms with van der Waals surface area (Å²) in [7, 11) is 1.63. The Hall–Kier alpha value is -0.840. The lowest BCUT2D eigenvalue weighted by atomic mass is 9.77. The maximum atomic E-state index is 6.31. The van der Waals surface area contributed by atoms with Crippen molar-refractivity contribution >= 4 is 16.8 Å². The first-order valence-electron chi connectivity index (χ1n) is 7.51. The molecule has 1 saturated heterocycles. The van der Waals surface area contributed by atoms with Crippen molar-refractivity contribution in [3.63, 3.8) is 0 Å². The number of halogens is 1. The molecule has 1 heterocycles. The van der Waals surface area contributed by atoms with Crippen molar-refractivity contribution < 1.29 is 9.47 Å². The zero-order chi connectivity index (χ0) is 15.5. The number of hydrogen-bond donors (Lipinski definition) is 1. The van der Waals surface area contributed by atoms with Gasteiger partial charge in [-0.3, -0.25) is 4.99 Å². The molecule has 0 aromatic carbocycles. The van der Waals surface area contributed by atoms with Gasteiger partial charge in [0, 0.05) is 24.6 Å². The molecule has 3 atom stereocenters. The average Bonchev–Trinajstić information content (AvgIpc) is 2.93. The van der Waals surface area contributed by atoms with Gasteiger partial charge in [0.25, 0.3) is 0 Å². The van der Waals surface area contributed by atoms with Crippen molar-refractivity contribution in [1.82, 2.24) is 0 Å². The first kappa shape index (κ1) is 16.5. The molecular formula is C16H25ClN2O2. The number of nitrogens with zero attached hydrogens (tertiary/aromatic N) is 1. The van der Waals surface area contributed by atoms with E-state index in [1.54, 1.807) is 13.1 Å². The van der Waals surface area contributed by atoms with Crippen molar-refractivity contribution in [1.29, 1.82) is 0 Å². The lowest BCUT2D eigenvalue weighted by molar-refractivity contribution is -0.259. The predicted molar refractivity (Wildman–Crippen MR) is 86.4 cm³/mol. The first-order chi connectivity index (χ1) is 9.98. The second-order valence-corrected chi connectivity index (χ2v) is 6.32. The SMILES string of the molecule is C=CC[C@@]12CCC[C@]1(OC(C)C(N)=CC(Cl)=NC)OCC2. The fourth-order valence-electron chi connectivity index (χ4n) is 3.59. The zero-order valence-electron chi connectivity index (χ0n) is 12.9. The van der Waals surface area contributed by atoms with Gasteiger partial charge >= 0.3 is 0 Å². The molecule has 1 aliphatic heterocycles. The maximum Gasteiger partial charge on any atom is 0.175 e. The highest BCUT2D eigenvalue weighted by Gasteiger charge is 2.60. The normalized spacial score (nSPS) is 34.8. The van der Waals surface area contributed by atoms with Crippen molar-refractivity contribution in [2.75, 3.05) is 13.7 Å². The molecule has 0 radical (unpaired) electrons. The molecule has 4 nitrogen and oxygen atoms in total. The highest BCUT2D eigenvalue weighted by molar-refractivity contribution is 6.68. The Balaban J connectivity index is 2.17. The Morgan fingerprint density at radius 3 is 2.95 bits per heavy atom. The number of allylic oxidation sites excluding steroid dienone is 2. The second-order valence-electron chi connectivity index (χ2n) is 5.93. The Kier molecular flexibility index (Phi) is 5.12. The summed E-state index contributed by atoms with van der Waals surface area (Å²) < 4.78 is 12.4. The maximum absolute atomic E-state index is 6.31. The van der Waals surface area contributed by atoms with Crippen LogP contribution < -0.4 is 5.73 Å². The van der Waals surface area contributed by atoms with Crippen molar-refractivity contribution in [2.24, 2.45) is 16.1 Å². The van der Waals surface area contributed by atoms with Gasteiger partial charge in [0.05, 0.1) is 12.7 Å². The van der Waals surface area contributed by atoms with E-state index in [4.69, 9.17) is 26.8 Å². The van der Waals surface area contributed by atoms with Crippen LogP contribution in [0.25, 0.3) is 0 Å². The fraction of sp³-hybridized carbons (Fsp3) is 0.688. The van der Waals surface area contributed by atoms with Crippen molar-refractivity contribution in [3.8, 4) is 0 Å². The third kappa shape index (κ3) is 3.03. The summed E-state index contributed by atoms with van der Waals surface area (Å²) in [6.07, 6.45) is 8.43. The number of nitrogens with two attached hydrogens (primary N) is 1. The minimum absolute atomic E-state index is 0.0475. The van der Waals surface area contributed by atoms with Crippen LogP contribution in [0.3, 0.4) is 0 Å². The number of aliphatic imine (C=N–C) groups is 1. The quantitative estimate of drug-likeness (QED) is 0.604. The molecule has 0 spiro atoms. The van der Waals surface area contributed by atoms with Gasteiger partial charge < -0.3 is 15.2 Å². The lowest BCUT2D eigenvalue weighted by Gasteiger charge is -2.40. The van der Waals surface area contributed by atoms with Gasteiger partial charge in [0.15, 0.2) is 5.79 Å². The third-order valence-electron chi connectivity index (χ3n) is 4.76. The van der Waals surface area contributed by atoms with Gasteiger partial charge in [0.2, 0.25) is 0 Å². The molecule has 5 heteroatoms. The standard InChI is InChI=1S/C16H25ClN2O2/c1-4-6-15-7-5-8-16(15,20-10-9-15)21-12(2)13(18)11-14(17)19-3/h4,11-12H,1,5-10,18H2,2-3H3/t12?,15-,16+/m0/s1. The second kappa shape index (κ2) is 6.51. The smallest absolute Gasteiger partial charge is 0.175 e. The fourth-order valence-corrected chi connectivity index (χ4v) is 3.72. The highest BCUT2D eigenvalue weighted by Crippen LogP contribution is 2.58. The van der Waals surface area contributed by atoms with Gasteiger partial charge in [-0.1, -0.05) is 17.7 Å². The van der Waals surface area contributed by atoms with Gasteiger partial charge in [-0.2, -0.15) is 0 Å². The van der Waals surface area contributed by atoms with E-state index in [1.807, 2.05) is 13.0 Å². The van der Waals surface area contributed by atoms with E-state index in [2.05, 4.69) is 11.6 Å². The Morgan fingerprint density at radius 1 is 1.52 bits per heavy atom. The lowest BCUT2D eigenvalue weighted by Crippen LogP contribution is -2.46. The molecule has 2 rings (SSSR count). The molecule has 2 fully saturated rings. The molecule has 1 unspecified atom stereocenters. The summed E-state index contributed by atoms with van der Waals surface area (Å²) in [5, 5.41) is 0.372. The van der Waals surface area contributed by atoms with E-state index >= 15 is 0 Å². The topological polar surface area (TPSA) is 56.8 Å². The number of ether oxygens (including phenoxy) is 2. The van der Waals surface area contributed by atoms with E-state index in [1.165, 1.54) is 0 Å². The Bertz CT molecular complexity index is 449. The monoisotopic (exact) mass is 312 g/mol. The van der Waals surface area contributed by atoms with Crippen LogP contribution in [0.15, 0.2) is 29.4 Å². The summed E-state index contributed by atoms with van der Waals surface area (Å²) in [5.74, 6) is -0.533. The minimum Gasteiger partial charge on any atom is -0.400 e. The summed E-state index contributed by atoms with van der Waals surface area (Å²) >= 11 is 5.90. The molecule has 0 aromatic heterocycles. The molecule has 0 amide bonds. The van der Waals surface area contributed by atoms with E-state index < -0.39 is 5.79 Å². The van der Waals surface area contributed by atoms with Crippen LogP contribution in [0.2, 0.25) is 0 Å². The number of fused-ring (bicyclic) bond motifs is 1. The molecule has 2 N–H and O–H groups in total. The molecule has 1 saturated carbocycles. The van der Waals surface area contributed by atoms with Crippen LogP contribution in [-0.4, -0.2) is 30.7 Å². The Morgan fingerprint density at radius 2 is 2.29 bits per heavy atom. The van der Waals surface area contributed by atoms with Crippen LogP contribution in [-0.2, 0) is 9.47 Å². The summed E-state index contributed by atoms with van der Waals surface area (Å²) in [4.78, 5) is 3.88. The molecule has 0 aromatic rings. The highest BCUT2D eigenvalue weighted by atomic mass is 35.5. The first-order valence-corrected chi connectivity index (χ1v) is 7.88. The number of hydrogen-bond acceptors (Lipinski definition) is 4. The van der Waals surface area contributed by atoms with Gasteiger partial charge in [-0.05, 0) is 38.7 Å². The van der Waals surface area contributed by atoms with Crippen LogP contribution in [0.1, 0.15) is 39.0 Å². The molecule has 118 valence electrons. The summed E-state index contributed by atoms with van der Waals surface area (Å²) in [6, 6.07) is 0. The molecule has 2 aliphatic rings. The van der Waals surface area contributed by atoms with E-state index in [-0.39, 0.29) is 11.5 Å².